The Kier molecular flexibility index (Phi) is 6.49. The van der Waals surface area contributed by atoms with Gasteiger partial charge in [0.15, 0.2) is 4.80 Å². The molecule has 0 bridgehead atoms. The number of methoxy groups -OCH3 is 1. The maximum Gasteiger partial charge on any atom is 0.325 e. The Hall–Kier alpha value is -2.93. The molecular weight excluding hydrogens is 388 g/mol. The monoisotopic (exact) mass is 412 g/mol. The molecule has 0 saturated heterocycles. The lowest BCUT2D eigenvalue weighted by Crippen LogP contribution is -2.22. The zero-order valence-electron chi connectivity index (χ0n) is 17.0. The van der Waals surface area contributed by atoms with Crippen LogP contribution in [0.2, 0.25) is 0 Å². The summed E-state index contributed by atoms with van der Waals surface area (Å²) in [5, 5.41) is 0. The highest BCUT2D eigenvalue weighted by Gasteiger charge is 2.13. The van der Waals surface area contributed by atoms with E-state index in [4.69, 9.17) is 9.47 Å². The van der Waals surface area contributed by atoms with E-state index in [2.05, 4.69) is 4.99 Å². The van der Waals surface area contributed by atoms with Crippen molar-refractivity contribution >= 4 is 33.4 Å². The number of carbonyl (C=O) groups is 2. The fraction of sp³-hybridized carbons (Fsp3) is 0.318. The third kappa shape index (κ3) is 4.92. The topological polar surface area (TPSA) is 69.9 Å². The molecule has 0 aliphatic carbocycles. The molecule has 0 aliphatic rings. The molecule has 0 radical (unpaired) electrons. The third-order valence-electron chi connectivity index (χ3n) is 4.63. The average Bonchev–Trinajstić information content (AvgIpc) is 3.01. The summed E-state index contributed by atoms with van der Waals surface area (Å²) in [6.45, 7) is 6.52. The van der Waals surface area contributed by atoms with E-state index in [0.717, 1.165) is 27.1 Å². The molecule has 0 saturated carbocycles. The van der Waals surface area contributed by atoms with E-state index in [-0.39, 0.29) is 18.9 Å². The SMILES string of the molecule is CCOc1ccc2c(c1)sc(=NC(=O)Cc1ccc(C)c(C)c1)n2CC(=O)OC. The molecule has 152 valence electrons. The molecule has 3 rings (SSSR count). The Bertz CT molecular complexity index is 1130. The minimum atomic E-state index is -0.401. The summed E-state index contributed by atoms with van der Waals surface area (Å²) in [4.78, 5) is 29.3. The zero-order valence-corrected chi connectivity index (χ0v) is 17.8. The molecule has 0 spiro atoms. The summed E-state index contributed by atoms with van der Waals surface area (Å²) in [7, 11) is 1.34. The van der Waals surface area contributed by atoms with Gasteiger partial charge in [-0.2, -0.15) is 4.99 Å². The van der Waals surface area contributed by atoms with E-state index in [1.807, 2.05) is 57.2 Å². The van der Waals surface area contributed by atoms with Crippen molar-refractivity contribution in [2.24, 2.45) is 4.99 Å². The molecule has 0 fully saturated rings. The number of carbonyl (C=O) groups excluding carboxylic acids is 2. The van der Waals surface area contributed by atoms with E-state index >= 15 is 0 Å². The third-order valence-corrected chi connectivity index (χ3v) is 5.67. The predicted octanol–water partition coefficient (Wildman–Crippen LogP) is 3.56. The van der Waals surface area contributed by atoms with E-state index in [1.54, 1.807) is 4.57 Å². The quantitative estimate of drug-likeness (QED) is 0.581. The smallest absolute Gasteiger partial charge is 0.325 e. The van der Waals surface area contributed by atoms with E-state index in [1.165, 1.54) is 24.0 Å². The Morgan fingerprint density at radius 3 is 2.59 bits per heavy atom. The van der Waals surface area contributed by atoms with Crippen molar-refractivity contribution in [2.75, 3.05) is 13.7 Å². The second-order valence-corrected chi connectivity index (χ2v) is 7.72. The standard InChI is InChI=1S/C22H24N2O4S/c1-5-28-17-8-9-18-19(12-17)29-22(24(18)13-21(26)27-4)23-20(25)11-16-7-6-14(2)15(3)10-16/h6-10,12H,5,11,13H2,1-4H3. The molecule has 6 nitrogen and oxygen atoms in total. The number of aryl methyl sites for hydroxylation is 2. The van der Waals surface area contributed by atoms with Gasteiger partial charge in [-0.15, -0.1) is 0 Å². The highest BCUT2D eigenvalue weighted by Crippen LogP contribution is 2.23. The van der Waals surface area contributed by atoms with Gasteiger partial charge < -0.3 is 14.0 Å². The summed E-state index contributed by atoms with van der Waals surface area (Å²) in [5.74, 6) is 0.0737. The molecule has 2 aromatic carbocycles. The van der Waals surface area contributed by atoms with Gasteiger partial charge >= 0.3 is 5.97 Å². The number of ether oxygens (including phenoxy) is 2. The lowest BCUT2D eigenvalue weighted by atomic mass is 10.0. The van der Waals surface area contributed by atoms with Crippen molar-refractivity contribution in [1.29, 1.82) is 0 Å². The predicted molar refractivity (Wildman–Crippen MR) is 113 cm³/mol. The molecule has 29 heavy (non-hydrogen) atoms. The van der Waals surface area contributed by atoms with Gasteiger partial charge in [-0.1, -0.05) is 29.5 Å². The first kappa shape index (κ1) is 20.8. The van der Waals surface area contributed by atoms with Crippen molar-refractivity contribution in [1.82, 2.24) is 4.57 Å². The van der Waals surface area contributed by atoms with Crippen LogP contribution in [0.5, 0.6) is 5.75 Å². The second kappa shape index (κ2) is 9.05. The number of nitrogens with zero attached hydrogens (tertiary/aromatic N) is 2. The van der Waals surface area contributed by atoms with Gasteiger partial charge in [0.1, 0.15) is 12.3 Å². The molecule has 1 aromatic heterocycles. The van der Waals surface area contributed by atoms with Gasteiger partial charge in [-0.05, 0) is 55.7 Å². The molecule has 3 aromatic rings. The summed E-state index contributed by atoms with van der Waals surface area (Å²) in [6.07, 6.45) is 0.206. The van der Waals surface area contributed by atoms with Crippen molar-refractivity contribution in [3.63, 3.8) is 0 Å². The Labute approximate surface area is 173 Å². The van der Waals surface area contributed by atoms with Gasteiger partial charge in [0.05, 0.1) is 30.4 Å². The number of fused-ring (bicyclic) bond motifs is 1. The van der Waals surface area contributed by atoms with Crippen LogP contribution in [0.1, 0.15) is 23.6 Å². The molecule has 0 atom stereocenters. The van der Waals surface area contributed by atoms with Gasteiger partial charge in [-0.3, -0.25) is 9.59 Å². The van der Waals surface area contributed by atoms with Crippen LogP contribution >= 0.6 is 11.3 Å². The van der Waals surface area contributed by atoms with Crippen molar-refractivity contribution < 1.29 is 19.1 Å². The Morgan fingerprint density at radius 1 is 1.10 bits per heavy atom. The number of hydrogen-bond donors (Lipinski definition) is 0. The fourth-order valence-electron chi connectivity index (χ4n) is 2.98. The van der Waals surface area contributed by atoms with Crippen LogP contribution in [0.25, 0.3) is 10.2 Å². The van der Waals surface area contributed by atoms with Crippen LogP contribution in [-0.2, 0) is 27.3 Å². The van der Waals surface area contributed by atoms with Gasteiger partial charge in [0.2, 0.25) is 0 Å². The van der Waals surface area contributed by atoms with Crippen LogP contribution in [0.3, 0.4) is 0 Å². The molecule has 1 amide bonds. The normalized spacial score (nSPS) is 11.7. The Balaban J connectivity index is 2.00. The molecule has 0 aliphatic heterocycles. The number of amides is 1. The van der Waals surface area contributed by atoms with E-state index in [0.29, 0.717) is 11.4 Å². The van der Waals surface area contributed by atoms with Crippen molar-refractivity contribution in [2.45, 2.75) is 33.7 Å². The maximum atomic E-state index is 12.6. The van der Waals surface area contributed by atoms with Crippen LogP contribution in [0.15, 0.2) is 41.4 Å². The molecule has 0 unspecified atom stereocenters. The molecule has 0 N–H and O–H groups in total. The number of thiazole rings is 1. The number of rotatable bonds is 6. The molecule has 1 heterocycles. The van der Waals surface area contributed by atoms with Gasteiger partial charge in [0.25, 0.3) is 5.91 Å². The van der Waals surface area contributed by atoms with Crippen LogP contribution < -0.4 is 9.54 Å². The fourth-order valence-corrected chi connectivity index (χ4v) is 4.05. The molecular formula is C22H24N2O4S. The van der Waals surface area contributed by atoms with Crippen molar-refractivity contribution in [3.05, 3.63) is 57.9 Å². The zero-order chi connectivity index (χ0) is 21.0. The van der Waals surface area contributed by atoms with Crippen LogP contribution in [0, 0.1) is 13.8 Å². The summed E-state index contributed by atoms with van der Waals surface area (Å²) in [5.41, 5.74) is 4.05. The minimum Gasteiger partial charge on any atom is -0.494 e. The number of hydrogen-bond acceptors (Lipinski definition) is 5. The lowest BCUT2D eigenvalue weighted by Gasteiger charge is -2.05. The Morgan fingerprint density at radius 2 is 1.90 bits per heavy atom. The maximum absolute atomic E-state index is 12.6. The summed E-state index contributed by atoms with van der Waals surface area (Å²) < 4.78 is 13.0. The second-order valence-electron chi connectivity index (χ2n) is 6.71. The van der Waals surface area contributed by atoms with E-state index in [9.17, 15) is 9.59 Å². The number of benzene rings is 2. The first-order valence-electron chi connectivity index (χ1n) is 9.38. The largest absolute Gasteiger partial charge is 0.494 e. The minimum absolute atomic E-state index is 0.0137. The first-order chi connectivity index (χ1) is 13.9. The summed E-state index contributed by atoms with van der Waals surface area (Å²) >= 11 is 1.35. The van der Waals surface area contributed by atoms with Crippen LogP contribution in [-0.4, -0.2) is 30.2 Å². The number of esters is 1. The van der Waals surface area contributed by atoms with Gasteiger partial charge in [-0.25, -0.2) is 0 Å². The molecule has 7 heteroatoms. The van der Waals surface area contributed by atoms with E-state index < -0.39 is 5.97 Å². The lowest BCUT2D eigenvalue weighted by molar-refractivity contribution is -0.141. The first-order valence-corrected chi connectivity index (χ1v) is 10.2. The van der Waals surface area contributed by atoms with Crippen molar-refractivity contribution in [3.8, 4) is 5.75 Å². The van der Waals surface area contributed by atoms with Crippen LogP contribution in [0.4, 0.5) is 0 Å². The average molecular weight is 413 g/mol. The number of aromatic nitrogens is 1. The summed E-state index contributed by atoms with van der Waals surface area (Å²) in [6, 6.07) is 11.6. The van der Waals surface area contributed by atoms with Gasteiger partial charge in [0, 0.05) is 0 Å². The highest BCUT2D eigenvalue weighted by atomic mass is 32.1. The highest BCUT2D eigenvalue weighted by molar-refractivity contribution is 7.16.